The molecule has 25 heavy (non-hydrogen) atoms. The molecular weight excluding hydrogens is 325 g/mol. The first-order valence-corrected chi connectivity index (χ1v) is 7.51. The van der Waals surface area contributed by atoms with E-state index in [1.807, 2.05) is 0 Å². The molecule has 2 aromatic carbocycles. The van der Waals surface area contributed by atoms with E-state index in [0.717, 1.165) is 0 Å². The Labute approximate surface area is 143 Å². The number of ether oxygens (including phenoxy) is 1. The van der Waals surface area contributed by atoms with Gasteiger partial charge in [-0.25, -0.2) is 4.39 Å². The molecule has 3 N–H and O–H groups in total. The van der Waals surface area contributed by atoms with Crippen molar-refractivity contribution in [3.8, 4) is 17.0 Å². The second-order valence-corrected chi connectivity index (χ2v) is 5.28. The van der Waals surface area contributed by atoms with Crippen LogP contribution >= 0.6 is 0 Å². The van der Waals surface area contributed by atoms with Crippen molar-refractivity contribution in [2.75, 3.05) is 12.4 Å². The summed E-state index contributed by atoms with van der Waals surface area (Å²) in [7, 11) is 1.50. The number of H-pyrrole nitrogens is 1. The van der Waals surface area contributed by atoms with E-state index in [0.29, 0.717) is 22.7 Å². The second-order valence-electron chi connectivity index (χ2n) is 5.28. The van der Waals surface area contributed by atoms with E-state index in [2.05, 4.69) is 15.5 Å². The molecule has 0 atom stereocenters. The fourth-order valence-corrected chi connectivity index (χ4v) is 2.51. The third kappa shape index (κ3) is 3.36. The summed E-state index contributed by atoms with van der Waals surface area (Å²) in [5, 5.41) is 18.6. The topological polar surface area (TPSA) is 87.2 Å². The predicted molar refractivity (Wildman–Crippen MR) is 90.9 cm³/mol. The van der Waals surface area contributed by atoms with Gasteiger partial charge in [0, 0.05) is 16.8 Å². The highest BCUT2D eigenvalue weighted by Gasteiger charge is 2.18. The van der Waals surface area contributed by atoms with Crippen LogP contribution in [0, 0.1) is 5.82 Å². The summed E-state index contributed by atoms with van der Waals surface area (Å²) in [6.07, 6.45) is 1.34. The number of aliphatic hydroxyl groups excluding tert-OH is 1. The molecule has 1 aromatic heterocycles. The zero-order valence-electron chi connectivity index (χ0n) is 13.4. The van der Waals surface area contributed by atoms with Crippen LogP contribution in [0.3, 0.4) is 0 Å². The van der Waals surface area contributed by atoms with Gasteiger partial charge in [-0.3, -0.25) is 9.89 Å². The van der Waals surface area contributed by atoms with Gasteiger partial charge in [0.05, 0.1) is 31.2 Å². The number of nitrogens with one attached hydrogen (secondary N) is 2. The Balaban J connectivity index is 1.89. The SMILES string of the molecule is COc1ccc(NC(=O)c2cn[nH]c2-c2ccccc2F)cc1CO. The Bertz CT molecular complexity index is 908. The molecule has 0 radical (unpaired) electrons. The zero-order valence-corrected chi connectivity index (χ0v) is 13.4. The second kappa shape index (κ2) is 7.14. The van der Waals surface area contributed by atoms with Crippen LogP contribution in [0.2, 0.25) is 0 Å². The number of aromatic nitrogens is 2. The maximum absolute atomic E-state index is 14.0. The van der Waals surface area contributed by atoms with Gasteiger partial charge in [0.1, 0.15) is 11.6 Å². The van der Waals surface area contributed by atoms with Crippen LogP contribution in [-0.2, 0) is 6.61 Å². The fraction of sp³-hybridized carbons (Fsp3) is 0.111. The Morgan fingerprint density at radius 1 is 1.32 bits per heavy atom. The van der Waals surface area contributed by atoms with Crippen molar-refractivity contribution in [2.24, 2.45) is 0 Å². The summed E-state index contributed by atoms with van der Waals surface area (Å²) in [6, 6.07) is 11.0. The van der Waals surface area contributed by atoms with Gasteiger partial charge in [-0.15, -0.1) is 0 Å². The lowest BCUT2D eigenvalue weighted by atomic mass is 10.1. The van der Waals surface area contributed by atoms with E-state index in [1.54, 1.807) is 36.4 Å². The van der Waals surface area contributed by atoms with Crippen LogP contribution in [0.5, 0.6) is 5.75 Å². The quantitative estimate of drug-likeness (QED) is 0.666. The number of halogens is 1. The molecule has 0 aliphatic carbocycles. The van der Waals surface area contributed by atoms with E-state index < -0.39 is 11.7 Å². The normalized spacial score (nSPS) is 10.5. The van der Waals surface area contributed by atoms with Crippen molar-refractivity contribution < 1.29 is 19.0 Å². The number of rotatable bonds is 5. The van der Waals surface area contributed by atoms with E-state index >= 15 is 0 Å². The largest absolute Gasteiger partial charge is 0.496 e. The number of carbonyl (C=O) groups excluding carboxylic acids is 1. The highest BCUT2D eigenvalue weighted by Crippen LogP contribution is 2.26. The number of aliphatic hydroxyl groups is 1. The van der Waals surface area contributed by atoms with E-state index in [4.69, 9.17) is 4.74 Å². The number of aromatic amines is 1. The minimum atomic E-state index is -0.451. The van der Waals surface area contributed by atoms with Gasteiger partial charge >= 0.3 is 0 Å². The number of anilines is 1. The minimum absolute atomic E-state index is 0.214. The molecule has 128 valence electrons. The van der Waals surface area contributed by atoms with Crippen molar-refractivity contribution in [1.29, 1.82) is 0 Å². The molecule has 6 nitrogen and oxygen atoms in total. The molecular formula is C18H16FN3O3. The standard InChI is InChI=1S/C18H16FN3O3/c1-25-16-7-6-12(8-11(16)10-23)21-18(24)14-9-20-22-17(14)13-4-2-3-5-15(13)19/h2-9,23H,10H2,1H3,(H,20,22)(H,21,24). The number of carbonyl (C=O) groups is 1. The van der Waals surface area contributed by atoms with Crippen LogP contribution < -0.4 is 10.1 Å². The summed E-state index contributed by atoms with van der Waals surface area (Å²) in [4.78, 5) is 12.5. The monoisotopic (exact) mass is 341 g/mol. The summed E-state index contributed by atoms with van der Waals surface area (Å²) < 4.78 is 19.1. The van der Waals surface area contributed by atoms with Crippen molar-refractivity contribution in [3.05, 3.63) is 65.6 Å². The lowest BCUT2D eigenvalue weighted by molar-refractivity contribution is 0.102. The van der Waals surface area contributed by atoms with E-state index in [9.17, 15) is 14.3 Å². The summed E-state index contributed by atoms with van der Waals surface area (Å²) >= 11 is 0. The Kier molecular flexibility index (Phi) is 4.76. The molecule has 0 saturated carbocycles. The molecule has 0 aliphatic rings. The van der Waals surface area contributed by atoms with Crippen molar-refractivity contribution in [3.63, 3.8) is 0 Å². The molecule has 0 spiro atoms. The molecule has 3 aromatic rings. The molecule has 3 rings (SSSR count). The van der Waals surface area contributed by atoms with Crippen LogP contribution in [0.25, 0.3) is 11.3 Å². The number of amides is 1. The lowest BCUT2D eigenvalue weighted by Gasteiger charge is -2.10. The number of nitrogens with zero attached hydrogens (tertiary/aromatic N) is 1. The molecule has 0 fully saturated rings. The number of benzene rings is 2. The lowest BCUT2D eigenvalue weighted by Crippen LogP contribution is -2.12. The number of hydrogen-bond donors (Lipinski definition) is 3. The first-order chi connectivity index (χ1) is 12.1. The van der Waals surface area contributed by atoms with Crippen molar-refractivity contribution in [2.45, 2.75) is 6.61 Å². The van der Waals surface area contributed by atoms with E-state index in [-0.39, 0.29) is 17.7 Å². The first kappa shape index (κ1) is 16.7. The van der Waals surface area contributed by atoms with Gasteiger partial charge in [-0.05, 0) is 30.3 Å². The summed E-state index contributed by atoms with van der Waals surface area (Å²) in [5.41, 5.74) is 1.80. The first-order valence-electron chi connectivity index (χ1n) is 7.51. The Hall–Kier alpha value is -3.19. The third-order valence-electron chi connectivity index (χ3n) is 3.74. The molecule has 0 bridgehead atoms. The summed E-state index contributed by atoms with van der Waals surface area (Å²) in [6.45, 7) is -0.223. The zero-order chi connectivity index (χ0) is 17.8. The third-order valence-corrected chi connectivity index (χ3v) is 3.74. The maximum atomic E-state index is 14.0. The molecule has 0 saturated heterocycles. The fourth-order valence-electron chi connectivity index (χ4n) is 2.51. The van der Waals surface area contributed by atoms with Gasteiger partial charge in [0.25, 0.3) is 5.91 Å². The van der Waals surface area contributed by atoms with Gasteiger partial charge in [-0.2, -0.15) is 5.10 Å². The van der Waals surface area contributed by atoms with Crippen LogP contribution in [0.15, 0.2) is 48.7 Å². The maximum Gasteiger partial charge on any atom is 0.259 e. The van der Waals surface area contributed by atoms with Crippen LogP contribution in [0.4, 0.5) is 10.1 Å². The molecule has 7 heteroatoms. The highest BCUT2D eigenvalue weighted by atomic mass is 19.1. The van der Waals surface area contributed by atoms with Crippen LogP contribution in [-0.4, -0.2) is 28.3 Å². The Morgan fingerprint density at radius 3 is 2.84 bits per heavy atom. The average Bonchev–Trinajstić information content (AvgIpc) is 3.11. The summed E-state index contributed by atoms with van der Waals surface area (Å²) in [5.74, 6) is -0.371. The molecule has 0 unspecified atom stereocenters. The highest BCUT2D eigenvalue weighted by molar-refractivity contribution is 6.08. The number of methoxy groups -OCH3 is 1. The number of hydrogen-bond acceptors (Lipinski definition) is 4. The molecule has 1 heterocycles. The van der Waals surface area contributed by atoms with Crippen molar-refractivity contribution in [1.82, 2.24) is 10.2 Å². The van der Waals surface area contributed by atoms with Gasteiger partial charge in [-0.1, -0.05) is 12.1 Å². The van der Waals surface area contributed by atoms with E-state index in [1.165, 1.54) is 19.4 Å². The van der Waals surface area contributed by atoms with Gasteiger partial charge < -0.3 is 15.2 Å². The average molecular weight is 341 g/mol. The van der Waals surface area contributed by atoms with Gasteiger partial charge in [0.15, 0.2) is 0 Å². The Morgan fingerprint density at radius 2 is 2.12 bits per heavy atom. The smallest absolute Gasteiger partial charge is 0.259 e. The van der Waals surface area contributed by atoms with Crippen LogP contribution in [0.1, 0.15) is 15.9 Å². The van der Waals surface area contributed by atoms with Crippen molar-refractivity contribution >= 4 is 11.6 Å². The molecule has 0 aliphatic heterocycles. The predicted octanol–water partition coefficient (Wildman–Crippen LogP) is 2.97. The van der Waals surface area contributed by atoms with Gasteiger partial charge in [0.2, 0.25) is 0 Å². The molecule has 1 amide bonds. The minimum Gasteiger partial charge on any atom is -0.496 e.